The van der Waals surface area contributed by atoms with Gasteiger partial charge in [-0.05, 0) is 12.8 Å². The van der Waals surface area contributed by atoms with E-state index in [2.05, 4.69) is 15.5 Å². The van der Waals surface area contributed by atoms with Gasteiger partial charge in [-0.3, -0.25) is 4.99 Å². The molecule has 0 saturated heterocycles. The van der Waals surface area contributed by atoms with E-state index >= 15 is 0 Å². The molecule has 86 valence electrons. The minimum Gasteiger partial charge on any atom is -0.375 e. The Morgan fingerprint density at radius 1 is 1.27 bits per heavy atom. The number of nitrogens with two attached hydrogens (primary N) is 4. The van der Waals surface area contributed by atoms with E-state index < -0.39 is 18.1 Å². The predicted molar refractivity (Wildman–Crippen MR) is 53.6 cm³/mol. The molecular weight excluding hydrogens is 202 g/mol. The van der Waals surface area contributed by atoms with Crippen LogP contribution >= 0.6 is 0 Å². The molecule has 0 aliphatic rings. The quantitative estimate of drug-likeness (QED) is 0.137. The van der Waals surface area contributed by atoms with Crippen LogP contribution in [0.1, 0.15) is 12.8 Å². The van der Waals surface area contributed by atoms with Gasteiger partial charge in [0.1, 0.15) is 6.04 Å². The van der Waals surface area contributed by atoms with Crippen LogP contribution < -0.4 is 22.9 Å². The van der Waals surface area contributed by atoms with Crippen LogP contribution in [0.2, 0.25) is 0 Å². The van der Waals surface area contributed by atoms with Gasteiger partial charge in [-0.15, -0.1) is 0 Å². The summed E-state index contributed by atoms with van der Waals surface area (Å²) in [6.07, 6.45) is -0.352. The Morgan fingerprint density at radius 3 is 2.33 bits per heavy atom. The molecule has 15 heavy (non-hydrogen) atoms. The molecule has 0 aromatic rings. The highest BCUT2D eigenvalue weighted by molar-refractivity contribution is 5.86. The second kappa shape index (κ2) is 6.60. The number of hydrogen-bond donors (Lipinski definition) is 4. The van der Waals surface area contributed by atoms with Gasteiger partial charge in [0.15, 0.2) is 5.96 Å². The van der Waals surface area contributed by atoms with Gasteiger partial charge in [-0.2, -0.15) is 0 Å². The number of amides is 1. The first kappa shape index (κ1) is 13.2. The van der Waals surface area contributed by atoms with Gasteiger partial charge >= 0.3 is 12.1 Å². The normalized spacial score (nSPS) is 11.5. The molecule has 0 unspecified atom stereocenters. The van der Waals surface area contributed by atoms with E-state index in [0.29, 0.717) is 19.4 Å². The van der Waals surface area contributed by atoms with Crippen molar-refractivity contribution in [3.63, 3.8) is 0 Å². The third kappa shape index (κ3) is 7.26. The third-order valence-corrected chi connectivity index (χ3v) is 1.47. The van der Waals surface area contributed by atoms with Gasteiger partial charge < -0.3 is 27.7 Å². The highest BCUT2D eigenvalue weighted by atomic mass is 16.6. The Kier molecular flexibility index (Phi) is 5.79. The Hall–Kier alpha value is -1.83. The van der Waals surface area contributed by atoms with Crippen molar-refractivity contribution in [1.82, 2.24) is 0 Å². The number of ether oxygens (including phenoxy) is 1. The number of esters is 1. The van der Waals surface area contributed by atoms with Crippen molar-refractivity contribution in [1.29, 1.82) is 0 Å². The topological polar surface area (TPSA) is 160 Å². The van der Waals surface area contributed by atoms with E-state index in [-0.39, 0.29) is 5.96 Å². The molecule has 1 amide bonds. The standard InChI is InChI=1S/C7H15N5O3/c8-4(5(13)15-7(11)14)2-1-3-12-6(9)10/h4H,1-3,8H2,(H2,11,14)(H4,9,10,12)/t4-/m0/s1. The number of carbonyl (C=O) groups excluding carboxylic acids is 2. The number of primary amides is 1. The van der Waals surface area contributed by atoms with Crippen molar-refractivity contribution in [2.24, 2.45) is 27.9 Å². The van der Waals surface area contributed by atoms with E-state index in [1.807, 2.05) is 0 Å². The van der Waals surface area contributed by atoms with Gasteiger partial charge in [0, 0.05) is 6.54 Å². The summed E-state index contributed by atoms with van der Waals surface area (Å²) in [4.78, 5) is 24.8. The summed E-state index contributed by atoms with van der Waals surface area (Å²) in [6, 6.07) is -0.897. The fourth-order valence-electron chi connectivity index (χ4n) is 0.812. The molecule has 0 aliphatic heterocycles. The Morgan fingerprint density at radius 2 is 1.87 bits per heavy atom. The lowest BCUT2D eigenvalue weighted by atomic mass is 10.2. The summed E-state index contributed by atoms with van der Waals surface area (Å²) in [5.41, 5.74) is 20.2. The fourth-order valence-corrected chi connectivity index (χ4v) is 0.812. The number of guanidine groups is 1. The summed E-state index contributed by atoms with van der Waals surface area (Å²) in [7, 11) is 0. The molecule has 0 saturated carbocycles. The van der Waals surface area contributed by atoms with Gasteiger partial charge in [0.25, 0.3) is 0 Å². The lowest BCUT2D eigenvalue weighted by molar-refractivity contribution is -0.138. The molecule has 8 nitrogen and oxygen atoms in total. The predicted octanol–water partition coefficient (Wildman–Crippen LogP) is -2.01. The Bertz CT molecular complexity index is 261. The van der Waals surface area contributed by atoms with Gasteiger partial charge in [0.05, 0.1) is 0 Å². The van der Waals surface area contributed by atoms with Crippen molar-refractivity contribution < 1.29 is 14.3 Å². The van der Waals surface area contributed by atoms with Crippen molar-refractivity contribution in [2.45, 2.75) is 18.9 Å². The molecule has 0 rings (SSSR count). The zero-order valence-corrected chi connectivity index (χ0v) is 8.18. The van der Waals surface area contributed by atoms with Gasteiger partial charge in [-0.1, -0.05) is 0 Å². The molecule has 0 heterocycles. The average Bonchev–Trinajstić information content (AvgIpc) is 2.10. The highest BCUT2D eigenvalue weighted by Gasteiger charge is 2.16. The molecule has 0 aliphatic carbocycles. The van der Waals surface area contributed by atoms with Crippen molar-refractivity contribution in [3.8, 4) is 0 Å². The monoisotopic (exact) mass is 217 g/mol. The van der Waals surface area contributed by atoms with E-state index in [1.165, 1.54) is 0 Å². The van der Waals surface area contributed by atoms with Crippen molar-refractivity contribution in [2.75, 3.05) is 6.54 Å². The fraction of sp³-hybridized carbons (Fsp3) is 0.571. The Labute approximate surface area is 86.6 Å². The van der Waals surface area contributed by atoms with Crippen LogP contribution in [0.15, 0.2) is 4.99 Å². The highest BCUT2D eigenvalue weighted by Crippen LogP contribution is 1.97. The lowest BCUT2D eigenvalue weighted by Crippen LogP contribution is -2.35. The number of rotatable bonds is 5. The molecule has 0 spiro atoms. The van der Waals surface area contributed by atoms with E-state index in [0.717, 1.165) is 0 Å². The summed E-state index contributed by atoms with van der Waals surface area (Å²) in [5, 5.41) is 0. The number of hydrogen-bond acceptors (Lipinski definition) is 5. The summed E-state index contributed by atoms with van der Waals surface area (Å²) >= 11 is 0. The zero-order chi connectivity index (χ0) is 11.8. The minimum atomic E-state index is -1.17. The maximum absolute atomic E-state index is 10.9. The largest absolute Gasteiger partial charge is 0.412 e. The molecule has 0 aromatic carbocycles. The second-order valence-electron chi connectivity index (χ2n) is 2.80. The van der Waals surface area contributed by atoms with Crippen molar-refractivity contribution >= 4 is 18.0 Å². The summed E-state index contributed by atoms with van der Waals surface area (Å²) < 4.78 is 4.08. The van der Waals surface area contributed by atoms with Gasteiger partial charge in [0.2, 0.25) is 0 Å². The van der Waals surface area contributed by atoms with E-state index in [1.54, 1.807) is 0 Å². The average molecular weight is 217 g/mol. The van der Waals surface area contributed by atoms with Crippen LogP contribution in [-0.2, 0) is 9.53 Å². The lowest BCUT2D eigenvalue weighted by Gasteiger charge is -2.07. The first-order valence-electron chi connectivity index (χ1n) is 4.25. The first-order chi connectivity index (χ1) is 6.93. The van der Waals surface area contributed by atoms with Crippen LogP contribution in [0.5, 0.6) is 0 Å². The molecule has 0 fully saturated rings. The SMILES string of the molecule is NC(=O)OC(=O)[C@@H](N)CCCN=C(N)N. The second-order valence-corrected chi connectivity index (χ2v) is 2.80. The number of aliphatic imine (C=N–C) groups is 1. The van der Waals surface area contributed by atoms with E-state index in [4.69, 9.17) is 17.2 Å². The molecule has 8 N–H and O–H groups in total. The number of carbonyl (C=O) groups is 2. The van der Waals surface area contributed by atoms with Crippen LogP contribution in [0.25, 0.3) is 0 Å². The van der Waals surface area contributed by atoms with Crippen LogP contribution in [-0.4, -0.2) is 30.6 Å². The minimum absolute atomic E-state index is 0.0247. The zero-order valence-electron chi connectivity index (χ0n) is 8.18. The van der Waals surface area contributed by atoms with Crippen molar-refractivity contribution in [3.05, 3.63) is 0 Å². The molecule has 0 bridgehead atoms. The van der Waals surface area contributed by atoms with Gasteiger partial charge in [-0.25, -0.2) is 9.59 Å². The first-order valence-corrected chi connectivity index (χ1v) is 4.25. The Balaban J connectivity index is 3.74. The maximum Gasteiger partial charge on any atom is 0.412 e. The molecule has 1 atom stereocenters. The molecule has 0 aromatic heterocycles. The third-order valence-electron chi connectivity index (χ3n) is 1.47. The van der Waals surface area contributed by atoms with E-state index in [9.17, 15) is 9.59 Å². The molecule has 8 heteroatoms. The smallest absolute Gasteiger partial charge is 0.375 e. The summed E-state index contributed by atoms with van der Waals surface area (Å²) in [5.74, 6) is -0.879. The van der Waals surface area contributed by atoms with Crippen LogP contribution in [0.4, 0.5) is 4.79 Å². The maximum atomic E-state index is 10.9. The van der Waals surface area contributed by atoms with Crippen LogP contribution in [0, 0.1) is 0 Å². The summed E-state index contributed by atoms with van der Waals surface area (Å²) in [6.45, 7) is 0.361. The van der Waals surface area contributed by atoms with Crippen LogP contribution in [0.3, 0.4) is 0 Å². The molecule has 0 radical (unpaired) electrons. The molecular formula is C7H15N5O3. The number of nitrogens with zero attached hydrogens (tertiary/aromatic N) is 1.